The maximum atomic E-state index is 12.7. The van der Waals surface area contributed by atoms with Crippen molar-refractivity contribution in [1.82, 2.24) is 15.2 Å². The molecule has 3 aromatic rings. The van der Waals surface area contributed by atoms with Crippen LogP contribution < -0.4 is 16.4 Å². The summed E-state index contributed by atoms with van der Waals surface area (Å²) in [6, 6.07) is 15.6. The van der Waals surface area contributed by atoms with Crippen molar-refractivity contribution < 1.29 is 13.9 Å². The maximum Gasteiger partial charge on any atom is 0.419 e. The summed E-state index contributed by atoms with van der Waals surface area (Å²) < 4.78 is 12.1. The van der Waals surface area contributed by atoms with Crippen molar-refractivity contribution in [2.45, 2.75) is 56.8 Å². The van der Waals surface area contributed by atoms with Gasteiger partial charge in [-0.3, -0.25) is 9.36 Å². The molecule has 35 heavy (non-hydrogen) atoms. The number of nitrogens with one attached hydrogen (secondary N) is 2. The normalized spacial score (nSPS) is 21.8. The molecule has 182 valence electrons. The Balaban J connectivity index is 1.26. The van der Waals surface area contributed by atoms with Gasteiger partial charge in [-0.05, 0) is 60.4 Å². The highest BCUT2D eigenvalue weighted by Crippen LogP contribution is 2.35. The van der Waals surface area contributed by atoms with Crippen LogP contribution >= 0.6 is 0 Å². The first-order valence-corrected chi connectivity index (χ1v) is 12.2. The first-order valence-electron chi connectivity index (χ1n) is 12.2. The lowest BCUT2D eigenvalue weighted by molar-refractivity contribution is -0.124. The minimum atomic E-state index is -0.571. The van der Waals surface area contributed by atoms with Crippen molar-refractivity contribution in [3.8, 4) is 17.2 Å². The molecule has 1 saturated heterocycles. The SMILES string of the molecule is COCCCn1c(=O)oc2ccc(-c3ccc(C[C@@H](C#N)NC(=O)[C@H]4N[C@@H]5CC[C@H]4C5)cc3)cc21. The Morgan fingerprint density at radius 1 is 1.26 bits per heavy atom. The van der Waals surface area contributed by atoms with Crippen LogP contribution in [-0.2, 0) is 22.5 Å². The van der Waals surface area contributed by atoms with E-state index >= 15 is 0 Å². The maximum absolute atomic E-state index is 12.7. The number of ether oxygens (including phenoxy) is 1. The lowest BCUT2D eigenvalue weighted by Crippen LogP contribution is -2.50. The van der Waals surface area contributed by atoms with E-state index in [1.165, 1.54) is 0 Å². The second-order valence-corrected chi connectivity index (χ2v) is 9.55. The number of fused-ring (bicyclic) bond motifs is 3. The zero-order chi connectivity index (χ0) is 24.4. The molecule has 1 aliphatic carbocycles. The highest BCUT2D eigenvalue weighted by Gasteiger charge is 2.43. The number of hydrogen-bond donors (Lipinski definition) is 2. The molecule has 0 unspecified atom stereocenters. The number of methoxy groups -OCH3 is 1. The molecule has 0 spiro atoms. The number of benzene rings is 2. The van der Waals surface area contributed by atoms with E-state index < -0.39 is 6.04 Å². The molecular weight excluding hydrogens is 444 g/mol. The van der Waals surface area contributed by atoms with Crippen molar-refractivity contribution in [1.29, 1.82) is 5.26 Å². The van der Waals surface area contributed by atoms with Crippen LogP contribution in [0.3, 0.4) is 0 Å². The van der Waals surface area contributed by atoms with Gasteiger partial charge in [-0.15, -0.1) is 0 Å². The van der Waals surface area contributed by atoms with E-state index in [-0.39, 0.29) is 17.7 Å². The first kappa shape index (κ1) is 23.3. The van der Waals surface area contributed by atoms with Crippen LogP contribution in [-0.4, -0.2) is 42.3 Å². The average molecular weight is 475 g/mol. The number of nitrogens with zero attached hydrogens (tertiary/aromatic N) is 2. The number of piperidine rings is 1. The highest BCUT2D eigenvalue weighted by molar-refractivity contribution is 5.83. The molecule has 8 heteroatoms. The predicted molar refractivity (Wildman–Crippen MR) is 132 cm³/mol. The van der Waals surface area contributed by atoms with Gasteiger partial charge >= 0.3 is 5.76 Å². The molecule has 2 aliphatic rings. The van der Waals surface area contributed by atoms with Crippen LogP contribution in [0, 0.1) is 17.2 Å². The van der Waals surface area contributed by atoms with E-state index in [1.54, 1.807) is 11.7 Å². The van der Waals surface area contributed by atoms with Crippen molar-refractivity contribution in [2.75, 3.05) is 13.7 Å². The van der Waals surface area contributed by atoms with Crippen molar-refractivity contribution in [3.05, 3.63) is 58.6 Å². The average Bonchev–Trinajstić information content (AvgIpc) is 3.58. The van der Waals surface area contributed by atoms with Crippen LogP contribution in [0.1, 0.15) is 31.2 Å². The monoisotopic (exact) mass is 474 g/mol. The van der Waals surface area contributed by atoms with Crippen LogP contribution in [0.5, 0.6) is 0 Å². The zero-order valence-corrected chi connectivity index (χ0v) is 19.8. The van der Waals surface area contributed by atoms with E-state index in [2.05, 4.69) is 16.7 Å². The van der Waals surface area contributed by atoms with Gasteiger partial charge in [-0.1, -0.05) is 30.3 Å². The summed E-state index contributed by atoms with van der Waals surface area (Å²) in [4.78, 5) is 24.9. The van der Waals surface area contributed by atoms with Gasteiger partial charge in [0.15, 0.2) is 5.58 Å². The van der Waals surface area contributed by atoms with E-state index in [9.17, 15) is 14.9 Å². The van der Waals surface area contributed by atoms with Crippen LogP contribution in [0.4, 0.5) is 0 Å². The summed E-state index contributed by atoms with van der Waals surface area (Å²) in [5.41, 5.74) is 4.26. The highest BCUT2D eigenvalue weighted by atomic mass is 16.5. The standard InChI is InChI=1S/C27H30N4O4/c1-34-12-2-11-31-23-15-19(8-10-24(23)35-27(31)33)18-5-3-17(4-6-18)13-22(16-28)30-26(32)25-20-7-9-21(14-20)29-25/h3-6,8,10,15,20-22,25,29H,2,7,9,11-14H2,1H3,(H,30,32)/t20-,21+,22-,25-/m0/s1. The molecule has 4 atom stereocenters. The van der Waals surface area contributed by atoms with Gasteiger partial charge in [0.05, 0.1) is 17.6 Å². The number of aryl methyl sites for hydroxylation is 1. The van der Waals surface area contributed by atoms with Gasteiger partial charge in [0.2, 0.25) is 5.91 Å². The second kappa shape index (κ2) is 10.1. The van der Waals surface area contributed by atoms with Crippen molar-refractivity contribution in [2.24, 2.45) is 5.92 Å². The fourth-order valence-electron chi connectivity index (χ4n) is 5.43. The smallest absolute Gasteiger partial charge is 0.408 e. The van der Waals surface area contributed by atoms with Crippen LogP contribution in [0.15, 0.2) is 51.7 Å². The number of aromatic nitrogens is 1. The van der Waals surface area contributed by atoms with Crippen LogP contribution in [0.2, 0.25) is 0 Å². The predicted octanol–water partition coefficient (Wildman–Crippen LogP) is 2.99. The third-order valence-corrected chi connectivity index (χ3v) is 7.24. The first-order chi connectivity index (χ1) is 17.1. The topological polar surface area (TPSA) is 109 Å². The number of carbonyl (C=O) groups excluding carboxylic acids is 1. The Bertz CT molecular complexity index is 1300. The number of rotatable bonds is 9. The zero-order valence-electron chi connectivity index (χ0n) is 19.8. The van der Waals surface area contributed by atoms with E-state index in [0.29, 0.717) is 37.1 Å². The lowest BCUT2D eigenvalue weighted by atomic mass is 9.98. The molecule has 1 amide bonds. The van der Waals surface area contributed by atoms with Gasteiger partial charge < -0.3 is 19.8 Å². The number of hydrogen-bond acceptors (Lipinski definition) is 6. The Kier molecular flexibility index (Phi) is 6.71. The summed E-state index contributed by atoms with van der Waals surface area (Å²) in [6.45, 7) is 1.10. The van der Waals surface area contributed by atoms with Crippen molar-refractivity contribution >= 4 is 17.0 Å². The van der Waals surface area contributed by atoms with E-state index in [0.717, 1.165) is 47.9 Å². The largest absolute Gasteiger partial charge is 0.419 e. The van der Waals surface area contributed by atoms with E-state index in [1.807, 2.05) is 42.5 Å². The third-order valence-electron chi connectivity index (χ3n) is 7.24. The molecule has 1 aromatic heterocycles. The Morgan fingerprint density at radius 3 is 2.74 bits per heavy atom. The summed E-state index contributed by atoms with van der Waals surface area (Å²) in [5, 5.41) is 15.9. The van der Waals surface area contributed by atoms with Gasteiger partial charge in [0, 0.05) is 32.7 Å². The minimum absolute atomic E-state index is 0.0645. The molecule has 2 bridgehead atoms. The third kappa shape index (κ3) is 4.88. The van der Waals surface area contributed by atoms with Gasteiger partial charge in [-0.2, -0.15) is 5.26 Å². The molecule has 0 radical (unpaired) electrons. The van der Waals surface area contributed by atoms with E-state index in [4.69, 9.17) is 9.15 Å². The molecular formula is C27H30N4O4. The summed E-state index contributed by atoms with van der Waals surface area (Å²) >= 11 is 0. The molecule has 5 rings (SSSR count). The number of oxazole rings is 1. The van der Waals surface area contributed by atoms with Crippen molar-refractivity contribution in [3.63, 3.8) is 0 Å². The van der Waals surface area contributed by atoms with Crippen LogP contribution in [0.25, 0.3) is 22.2 Å². The van der Waals surface area contributed by atoms with Gasteiger partial charge in [0.25, 0.3) is 0 Å². The Hall–Kier alpha value is -3.41. The summed E-state index contributed by atoms with van der Waals surface area (Å²) in [5.74, 6) is -0.0401. The molecule has 1 saturated carbocycles. The molecule has 2 aromatic carbocycles. The quantitative estimate of drug-likeness (QED) is 0.462. The second-order valence-electron chi connectivity index (χ2n) is 9.55. The van der Waals surface area contributed by atoms with Gasteiger partial charge in [0.1, 0.15) is 6.04 Å². The lowest BCUT2D eigenvalue weighted by Gasteiger charge is -2.23. The molecule has 2 N–H and O–H groups in total. The summed E-state index contributed by atoms with van der Waals surface area (Å²) in [6.07, 6.45) is 4.45. The number of nitriles is 1. The molecule has 1 aliphatic heterocycles. The summed E-state index contributed by atoms with van der Waals surface area (Å²) in [7, 11) is 1.64. The number of carbonyl (C=O) groups is 1. The fourth-order valence-corrected chi connectivity index (χ4v) is 5.43. The molecule has 2 fully saturated rings. The van der Waals surface area contributed by atoms with Gasteiger partial charge in [-0.25, -0.2) is 4.79 Å². The Labute approximate surface area is 203 Å². The molecule has 8 nitrogen and oxygen atoms in total. The Morgan fingerprint density at radius 2 is 2.06 bits per heavy atom. The minimum Gasteiger partial charge on any atom is -0.408 e. The number of amides is 1. The fraction of sp³-hybridized carbons (Fsp3) is 0.444. The molecule has 2 heterocycles.